The summed E-state index contributed by atoms with van der Waals surface area (Å²) in [6, 6.07) is 0. The normalized spacial score (nSPS) is 14.7. The Labute approximate surface area is 183 Å². The van der Waals surface area contributed by atoms with Gasteiger partial charge in [0.2, 0.25) is 0 Å². The van der Waals surface area contributed by atoms with E-state index < -0.39 is 29.9 Å². The molecular formula is C23H32O8. The van der Waals surface area contributed by atoms with E-state index >= 15 is 0 Å². The molecule has 172 valence electrons. The highest BCUT2D eigenvalue weighted by Gasteiger charge is 2.35. The number of hydrogen-bond donors (Lipinski definition) is 1. The number of carbonyl (C=O) groups excluding carboxylic acids is 4. The minimum absolute atomic E-state index is 0.204. The predicted octanol–water partition coefficient (Wildman–Crippen LogP) is 2.47. The molecule has 0 amide bonds. The van der Waals surface area contributed by atoms with Gasteiger partial charge in [-0.3, -0.25) is 4.79 Å². The smallest absolute Gasteiger partial charge is 0.330 e. The van der Waals surface area contributed by atoms with Crippen molar-refractivity contribution in [2.45, 2.75) is 33.6 Å². The van der Waals surface area contributed by atoms with Crippen LogP contribution in [0.25, 0.3) is 0 Å². The molecule has 0 aromatic rings. The van der Waals surface area contributed by atoms with E-state index in [4.69, 9.17) is 14.2 Å². The maximum Gasteiger partial charge on any atom is 0.330 e. The molecule has 0 aromatic heterocycles. The van der Waals surface area contributed by atoms with E-state index in [0.29, 0.717) is 6.42 Å². The van der Waals surface area contributed by atoms with Crippen molar-refractivity contribution < 1.29 is 38.5 Å². The summed E-state index contributed by atoms with van der Waals surface area (Å²) in [4.78, 5) is 44.3. The van der Waals surface area contributed by atoms with Gasteiger partial charge in [-0.2, -0.15) is 0 Å². The van der Waals surface area contributed by atoms with Crippen LogP contribution in [0.4, 0.5) is 0 Å². The monoisotopic (exact) mass is 436 g/mol. The molecular weight excluding hydrogens is 404 g/mol. The van der Waals surface area contributed by atoms with Crippen molar-refractivity contribution in [3.8, 4) is 0 Å². The molecule has 0 aliphatic heterocycles. The molecule has 0 fully saturated rings. The van der Waals surface area contributed by atoms with Crippen molar-refractivity contribution in [3.63, 3.8) is 0 Å². The molecule has 0 saturated carbocycles. The van der Waals surface area contributed by atoms with Crippen LogP contribution in [0.5, 0.6) is 0 Å². The van der Waals surface area contributed by atoms with E-state index in [2.05, 4.69) is 33.6 Å². The molecule has 8 nitrogen and oxygen atoms in total. The number of carbonyl (C=O) groups is 4. The minimum atomic E-state index is -1.28. The Hall–Kier alpha value is -3.00. The Kier molecular flexibility index (Phi) is 12.0. The van der Waals surface area contributed by atoms with E-state index in [9.17, 15) is 24.3 Å². The van der Waals surface area contributed by atoms with Crippen LogP contribution in [0, 0.1) is 10.8 Å². The van der Waals surface area contributed by atoms with Crippen molar-refractivity contribution in [2.24, 2.45) is 10.8 Å². The highest BCUT2D eigenvalue weighted by atomic mass is 16.6. The minimum Gasteiger partial charge on any atom is -0.462 e. The molecule has 0 saturated heterocycles. The summed E-state index contributed by atoms with van der Waals surface area (Å²) in [6.07, 6.45) is 6.36. The molecule has 0 atom stereocenters. The number of hydrogen-bond acceptors (Lipinski definition) is 8. The van der Waals surface area contributed by atoms with Gasteiger partial charge in [-0.05, 0) is 24.8 Å². The second kappa shape index (κ2) is 13.3. The van der Waals surface area contributed by atoms with Crippen molar-refractivity contribution in [1.82, 2.24) is 0 Å². The topological polar surface area (TPSA) is 116 Å². The van der Waals surface area contributed by atoms with Crippen LogP contribution in [0.3, 0.4) is 0 Å². The van der Waals surface area contributed by atoms with E-state index in [1.165, 1.54) is 5.57 Å². The molecule has 8 heteroatoms. The lowest BCUT2D eigenvalue weighted by Crippen LogP contribution is -2.42. The van der Waals surface area contributed by atoms with Gasteiger partial charge >= 0.3 is 17.9 Å². The van der Waals surface area contributed by atoms with E-state index in [1.54, 1.807) is 6.08 Å². The second-order valence-electron chi connectivity index (χ2n) is 8.07. The first-order chi connectivity index (χ1) is 14.4. The molecule has 31 heavy (non-hydrogen) atoms. The van der Waals surface area contributed by atoms with Crippen molar-refractivity contribution in [2.75, 3.05) is 26.4 Å². The molecule has 0 spiro atoms. The number of ketones is 1. The molecule has 0 bridgehead atoms. The molecule has 1 N–H and O–H groups in total. The molecule has 0 radical (unpaired) electrons. The summed E-state index contributed by atoms with van der Waals surface area (Å²) in [5, 5.41) is 9.48. The van der Waals surface area contributed by atoms with Crippen LogP contribution >= 0.6 is 0 Å². The zero-order valence-electron chi connectivity index (χ0n) is 18.5. The lowest BCUT2D eigenvalue weighted by atomic mass is 9.77. The molecule has 0 heterocycles. The third-order valence-electron chi connectivity index (χ3n) is 4.21. The van der Waals surface area contributed by atoms with E-state index in [-0.39, 0.29) is 31.0 Å². The van der Waals surface area contributed by atoms with Gasteiger partial charge in [0.1, 0.15) is 19.8 Å². The van der Waals surface area contributed by atoms with Gasteiger partial charge in [0, 0.05) is 24.6 Å². The number of allylic oxidation sites excluding steroid dienone is 2. The number of aliphatic hydroxyl groups is 1. The van der Waals surface area contributed by atoms with Gasteiger partial charge in [-0.15, -0.1) is 0 Å². The third kappa shape index (κ3) is 11.7. The van der Waals surface area contributed by atoms with Crippen LogP contribution in [-0.4, -0.2) is 55.2 Å². The first-order valence-corrected chi connectivity index (χ1v) is 9.61. The van der Waals surface area contributed by atoms with Crippen LogP contribution in [0.2, 0.25) is 0 Å². The summed E-state index contributed by atoms with van der Waals surface area (Å²) >= 11 is 0. The first kappa shape index (κ1) is 28.0. The SMILES string of the molecule is C=CC(=O)OCC(CO)(COC(=O)C=C)COC(=O)C=C.CC1=CC(=O)CC(C)(C)C1. The Morgan fingerprint density at radius 1 is 0.968 bits per heavy atom. The largest absolute Gasteiger partial charge is 0.462 e. The van der Waals surface area contributed by atoms with Gasteiger partial charge in [0.15, 0.2) is 5.78 Å². The average Bonchev–Trinajstić information content (AvgIpc) is 2.71. The van der Waals surface area contributed by atoms with Gasteiger partial charge in [-0.1, -0.05) is 39.2 Å². The molecule has 0 aromatic carbocycles. The highest BCUT2D eigenvalue weighted by molar-refractivity contribution is 5.91. The molecule has 0 unspecified atom stereocenters. The first-order valence-electron chi connectivity index (χ1n) is 9.61. The van der Waals surface area contributed by atoms with Crippen molar-refractivity contribution in [1.29, 1.82) is 0 Å². The standard InChI is InChI=1S/C14H18O7.C9H14O/c1-4-11(16)19-8-14(7-15,9-20-12(17)5-2)10-21-13(18)6-3;1-7-4-8(10)6-9(2,3)5-7/h4-6,15H,1-3,7-10H2;4H,5-6H2,1-3H3. The van der Waals surface area contributed by atoms with Gasteiger partial charge in [0.25, 0.3) is 0 Å². The van der Waals surface area contributed by atoms with Crippen molar-refractivity contribution in [3.05, 3.63) is 49.6 Å². The molecule has 1 aliphatic rings. The van der Waals surface area contributed by atoms with Crippen LogP contribution in [0.15, 0.2) is 49.6 Å². The Balaban J connectivity index is 0.000000743. The van der Waals surface area contributed by atoms with Crippen molar-refractivity contribution >= 4 is 23.7 Å². The zero-order valence-corrected chi connectivity index (χ0v) is 18.5. The predicted molar refractivity (Wildman–Crippen MR) is 115 cm³/mol. The van der Waals surface area contributed by atoms with Gasteiger partial charge < -0.3 is 19.3 Å². The zero-order chi connectivity index (χ0) is 24.1. The number of esters is 3. The van der Waals surface area contributed by atoms with Gasteiger partial charge in [-0.25, -0.2) is 14.4 Å². The average molecular weight is 437 g/mol. The van der Waals surface area contributed by atoms with Crippen LogP contribution in [-0.2, 0) is 33.4 Å². The maximum atomic E-state index is 11.1. The summed E-state index contributed by atoms with van der Waals surface area (Å²) in [5.74, 6) is -1.89. The maximum absolute atomic E-state index is 11.1. The fraction of sp³-hybridized carbons (Fsp3) is 0.478. The summed E-state index contributed by atoms with van der Waals surface area (Å²) in [7, 11) is 0. The number of rotatable bonds is 10. The molecule has 1 rings (SSSR count). The lowest BCUT2D eigenvalue weighted by Gasteiger charge is -2.29. The van der Waals surface area contributed by atoms with E-state index in [0.717, 1.165) is 24.6 Å². The second-order valence-corrected chi connectivity index (χ2v) is 8.07. The van der Waals surface area contributed by atoms with Crippen LogP contribution < -0.4 is 0 Å². The Morgan fingerprint density at radius 2 is 1.35 bits per heavy atom. The highest BCUT2D eigenvalue weighted by Crippen LogP contribution is 2.32. The fourth-order valence-corrected chi connectivity index (χ4v) is 2.78. The third-order valence-corrected chi connectivity index (χ3v) is 4.21. The lowest BCUT2D eigenvalue weighted by molar-refractivity contribution is -0.159. The number of aliphatic hydroxyl groups excluding tert-OH is 1. The summed E-state index contributed by atoms with van der Waals surface area (Å²) in [5.41, 5.74) is 0.146. The Morgan fingerprint density at radius 3 is 1.61 bits per heavy atom. The van der Waals surface area contributed by atoms with E-state index in [1.807, 2.05) is 6.92 Å². The fourth-order valence-electron chi connectivity index (χ4n) is 2.78. The Bertz CT molecular complexity index is 670. The number of ether oxygens (including phenoxy) is 3. The molecule has 1 aliphatic carbocycles. The quantitative estimate of drug-likeness (QED) is 0.315. The summed E-state index contributed by atoms with van der Waals surface area (Å²) < 4.78 is 14.5. The van der Waals surface area contributed by atoms with Crippen LogP contribution in [0.1, 0.15) is 33.6 Å². The summed E-state index contributed by atoms with van der Waals surface area (Å²) in [6.45, 7) is 14.5. The van der Waals surface area contributed by atoms with Gasteiger partial charge in [0.05, 0.1) is 12.0 Å².